The fraction of sp³-hybridized carbons (Fsp3) is 0. The van der Waals surface area contributed by atoms with Crippen LogP contribution in [0.25, 0.3) is 0 Å². The molecule has 0 bridgehead atoms. The predicted molar refractivity (Wildman–Crippen MR) is 30.6 cm³/mol. The molecule has 0 aromatic carbocycles. The van der Waals surface area contributed by atoms with E-state index in [4.69, 9.17) is 9.59 Å². The first-order chi connectivity index (χ1) is 2.41. The summed E-state index contributed by atoms with van der Waals surface area (Å²) in [5.74, 6) is 1.27. The van der Waals surface area contributed by atoms with Crippen LogP contribution in [0.5, 0.6) is 0 Å². The van der Waals surface area contributed by atoms with Crippen molar-refractivity contribution < 1.29 is 9.59 Å². The van der Waals surface area contributed by atoms with Gasteiger partial charge in [0.15, 0.2) is 6.29 Å². The Morgan fingerprint density at radius 1 is 1.29 bits per heavy atom. The zero-order valence-electron chi connectivity index (χ0n) is 2.47. The Hall–Kier alpha value is 1.12. The van der Waals surface area contributed by atoms with Crippen LogP contribution in [-0.4, -0.2) is 71.3 Å². The van der Waals surface area contributed by atoms with Gasteiger partial charge in [-0.15, -0.1) is 0 Å². The van der Waals surface area contributed by atoms with E-state index in [1.54, 1.807) is 0 Å². The summed E-state index contributed by atoms with van der Waals surface area (Å²) in [4.78, 5) is 18.1. The van der Waals surface area contributed by atoms with Crippen molar-refractivity contribution in [3.05, 3.63) is 6.08 Å². The van der Waals surface area contributed by atoms with Gasteiger partial charge in [0, 0.05) is 0 Å². The first kappa shape index (κ1) is 15.7. The topological polar surface area (TPSA) is 34.1 Å². The van der Waals surface area contributed by atoms with Crippen molar-refractivity contribution in [2.45, 2.75) is 0 Å². The Morgan fingerprint density at radius 2 is 1.71 bits per heavy atom. The van der Waals surface area contributed by atoms with E-state index in [0.29, 0.717) is 6.29 Å². The minimum atomic E-state index is 0. The van der Waals surface area contributed by atoms with Crippen LogP contribution >= 0.6 is 0 Å². The third-order valence-electron chi connectivity index (χ3n) is 0.136. The molecule has 0 rings (SSSR count). The van der Waals surface area contributed by atoms with Crippen molar-refractivity contribution >= 4 is 71.3 Å². The number of hydrogen-bond acceptors (Lipinski definition) is 2. The van der Waals surface area contributed by atoms with Gasteiger partial charge in [0.2, 0.25) is 0 Å². The number of carbonyl (C=O) groups is 1. The van der Waals surface area contributed by atoms with E-state index in [2.05, 4.69) is 0 Å². The van der Waals surface area contributed by atoms with Gasteiger partial charge in [-0.3, -0.25) is 4.79 Å². The third-order valence-corrected chi connectivity index (χ3v) is 0.136. The van der Waals surface area contributed by atoms with E-state index in [-0.39, 0.29) is 59.1 Å². The summed E-state index contributed by atoms with van der Waals surface area (Å²) in [5, 5.41) is 0. The zero-order chi connectivity index (χ0) is 4.12. The van der Waals surface area contributed by atoms with Crippen LogP contribution in [0, 0.1) is 0 Å². The number of carbonyl (C=O) groups excluding carboxylic acids is 2. The van der Waals surface area contributed by atoms with E-state index >= 15 is 0 Å². The van der Waals surface area contributed by atoms with Crippen LogP contribution < -0.4 is 0 Å². The third kappa shape index (κ3) is 19.2. The Balaban J connectivity index is -0.0000000800. The molecule has 4 heteroatoms. The standard InChI is InChI=1S/C3H2O2.2Na.2H/c4-2-1-3-5;;;;/h1-2H;;;;. The van der Waals surface area contributed by atoms with E-state index < -0.39 is 0 Å². The molecular weight excluding hydrogens is 114 g/mol. The Kier molecular flexibility index (Phi) is 35.2. The van der Waals surface area contributed by atoms with Crippen molar-refractivity contribution in [3.63, 3.8) is 0 Å². The Bertz CT molecular complexity index is 75.0. The van der Waals surface area contributed by atoms with Crippen molar-refractivity contribution in [3.8, 4) is 0 Å². The molecule has 0 spiro atoms. The molecule has 0 aliphatic heterocycles. The summed E-state index contributed by atoms with van der Waals surface area (Å²) in [6, 6.07) is 0. The molecule has 2 nitrogen and oxygen atoms in total. The van der Waals surface area contributed by atoms with E-state index in [9.17, 15) is 0 Å². The van der Waals surface area contributed by atoms with Gasteiger partial charge in [-0.05, 0) is 0 Å². The van der Waals surface area contributed by atoms with Gasteiger partial charge in [0.05, 0.1) is 6.08 Å². The molecule has 0 amide bonds. The molecule has 0 heterocycles. The summed E-state index contributed by atoms with van der Waals surface area (Å²) in [6.07, 6.45) is 1.15. The maximum absolute atomic E-state index is 9.09. The SMILES string of the molecule is O=C=CC=O.[NaH].[NaH]. The van der Waals surface area contributed by atoms with Crippen molar-refractivity contribution in [1.29, 1.82) is 0 Å². The van der Waals surface area contributed by atoms with Crippen molar-refractivity contribution in [2.24, 2.45) is 0 Å². The Morgan fingerprint density at radius 3 is 1.71 bits per heavy atom. The predicted octanol–water partition coefficient (Wildman–Crippen LogP) is -1.72. The molecule has 0 aliphatic carbocycles. The van der Waals surface area contributed by atoms with Gasteiger partial charge >= 0.3 is 59.1 Å². The number of rotatable bonds is 1. The molecular formula is C3H4Na2O2. The maximum atomic E-state index is 9.09. The summed E-state index contributed by atoms with van der Waals surface area (Å²) in [7, 11) is 0. The zero-order valence-corrected chi connectivity index (χ0v) is 2.47. The summed E-state index contributed by atoms with van der Waals surface area (Å²) in [6.45, 7) is 0. The van der Waals surface area contributed by atoms with Crippen LogP contribution in [0.1, 0.15) is 0 Å². The molecule has 0 N–H and O–H groups in total. The fourth-order valence-electron chi connectivity index (χ4n) is 0.0278. The number of aldehydes is 1. The molecule has 0 radical (unpaired) electrons. The molecule has 0 saturated carbocycles. The van der Waals surface area contributed by atoms with Crippen LogP contribution in [0.15, 0.2) is 6.08 Å². The van der Waals surface area contributed by atoms with Gasteiger partial charge in [0.1, 0.15) is 5.94 Å². The van der Waals surface area contributed by atoms with E-state index in [0.717, 1.165) is 6.08 Å². The van der Waals surface area contributed by atoms with Crippen LogP contribution in [0.3, 0.4) is 0 Å². The molecule has 0 unspecified atom stereocenters. The van der Waals surface area contributed by atoms with Gasteiger partial charge in [0.25, 0.3) is 0 Å². The molecule has 0 aromatic rings. The van der Waals surface area contributed by atoms with Crippen molar-refractivity contribution in [2.75, 3.05) is 0 Å². The van der Waals surface area contributed by atoms with Gasteiger partial charge in [-0.2, -0.15) is 0 Å². The molecule has 7 heavy (non-hydrogen) atoms. The second-order valence-corrected chi connectivity index (χ2v) is 0.421. The van der Waals surface area contributed by atoms with Crippen LogP contribution in [-0.2, 0) is 9.59 Å². The first-order valence-electron chi connectivity index (χ1n) is 1.06. The average molecular weight is 118 g/mol. The van der Waals surface area contributed by atoms with E-state index in [1.165, 1.54) is 5.94 Å². The van der Waals surface area contributed by atoms with Gasteiger partial charge in [-0.25, -0.2) is 4.79 Å². The number of hydrogen-bond donors (Lipinski definition) is 0. The fourth-order valence-corrected chi connectivity index (χ4v) is 0.0278. The summed E-state index contributed by atoms with van der Waals surface area (Å²) in [5.41, 5.74) is 0. The molecule has 0 saturated heterocycles. The molecule has 30 valence electrons. The van der Waals surface area contributed by atoms with Crippen LogP contribution in [0.2, 0.25) is 0 Å². The molecule has 0 aliphatic rings. The van der Waals surface area contributed by atoms with Gasteiger partial charge in [-0.1, -0.05) is 0 Å². The normalized spacial score (nSPS) is 3.43. The summed E-state index contributed by atoms with van der Waals surface area (Å²) < 4.78 is 0. The molecule has 0 atom stereocenters. The second-order valence-electron chi connectivity index (χ2n) is 0.421. The Labute approximate surface area is 85.9 Å². The second kappa shape index (κ2) is 15.7. The average Bonchev–Trinajstić information content (AvgIpc) is 1.41. The first-order valence-corrected chi connectivity index (χ1v) is 1.06. The summed E-state index contributed by atoms with van der Waals surface area (Å²) >= 11 is 0. The minimum absolute atomic E-state index is 0. The number of allylic oxidation sites excluding steroid dienone is 1. The monoisotopic (exact) mass is 118 g/mol. The van der Waals surface area contributed by atoms with Gasteiger partial charge < -0.3 is 0 Å². The van der Waals surface area contributed by atoms with Crippen LogP contribution in [0.4, 0.5) is 0 Å². The molecule has 0 fully saturated rings. The molecule has 0 aromatic heterocycles. The van der Waals surface area contributed by atoms with Crippen molar-refractivity contribution in [1.82, 2.24) is 0 Å². The van der Waals surface area contributed by atoms with E-state index in [1.807, 2.05) is 0 Å². The quantitative estimate of drug-likeness (QED) is 0.177.